The van der Waals surface area contributed by atoms with Crippen LogP contribution in [0.3, 0.4) is 0 Å². The normalized spacial score (nSPS) is 10.9. The Labute approximate surface area is 211 Å². The predicted molar refractivity (Wildman–Crippen MR) is 141 cm³/mol. The number of fused-ring (bicyclic) bond motifs is 2. The van der Waals surface area contributed by atoms with E-state index in [1.54, 1.807) is 0 Å². The van der Waals surface area contributed by atoms with Crippen LogP contribution in [0.1, 0.15) is 28.8 Å². The Morgan fingerprint density at radius 2 is 1.65 bits per heavy atom. The second-order valence-electron chi connectivity index (χ2n) is 8.54. The van der Waals surface area contributed by atoms with Crippen molar-refractivity contribution >= 4 is 39.3 Å². The zero-order valence-corrected chi connectivity index (χ0v) is 19.7. The SMILES string of the molecule is O=C(CCCc1c(-c2ccc3ccccc3n2)[nH]c2ccccc12)NNC(=O)c1ccccc1[N+](=O)[O-]. The molecule has 37 heavy (non-hydrogen) atoms. The smallest absolute Gasteiger partial charge is 0.282 e. The average Bonchev–Trinajstić information content (AvgIpc) is 3.30. The zero-order chi connectivity index (χ0) is 25.8. The molecule has 9 nitrogen and oxygen atoms in total. The van der Waals surface area contributed by atoms with Crippen LogP contribution in [-0.2, 0) is 11.2 Å². The molecule has 3 N–H and O–H groups in total. The van der Waals surface area contributed by atoms with Crippen LogP contribution < -0.4 is 10.9 Å². The summed E-state index contributed by atoms with van der Waals surface area (Å²) in [5, 5.41) is 13.3. The summed E-state index contributed by atoms with van der Waals surface area (Å²) in [7, 11) is 0. The number of para-hydroxylation sites is 3. The lowest BCUT2D eigenvalue weighted by Crippen LogP contribution is -2.41. The summed E-state index contributed by atoms with van der Waals surface area (Å²) in [5.41, 5.74) is 8.85. The third kappa shape index (κ3) is 5.01. The summed E-state index contributed by atoms with van der Waals surface area (Å²) in [5.74, 6) is -1.14. The molecular weight excluding hydrogens is 470 g/mol. The molecule has 0 aliphatic rings. The third-order valence-corrected chi connectivity index (χ3v) is 6.16. The van der Waals surface area contributed by atoms with Crippen molar-refractivity contribution in [3.8, 4) is 11.4 Å². The van der Waals surface area contributed by atoms with E-state index >= 15 is 0 Å². The standard InChI is InChI=1S/C28H23N5O4/c34-26(31-32-28(35)21-10-3-6-14-25(21)33(36)37)15-7-11-20-19-9-2-5-13-23(19)30-27(20)24-17-16-18-8-1-4-12-22(18)29-24/h1-6,8-10,12-14,16-17,30H,7,11,15H2,(H,31,34)(H,32,35). The van der Waals surface area contributed by atoms with Gasteiger partial charge in [0.1, 0.15) is 5.56 Å². The Morgan fingerprint density at radius 1 is 0.892 bits per heavy atom. The molecule has 0 atom stereocenters. The first-order valence-electron chi connectivity index (χ1n) is 11.8. The highest BCUT2D eigenvalue weighted by molar-refractivity contribution is 5.99. The Morgan fingerprint density at radius 3 is 2.51 bits per heavy atom. The molecule has 2 amide bonds. The van der Waals surface area contributed by atoms with Crippen LogP contribution in [0.5, 0.6) is 0 Å². The van der Waals surface area contributed by atoms with E-state index < -0.39 is 16.7 Å². The number of H-pyrrole nitrogens is 1. The van der Waals surface area contributed by atoms with Crippen molar-refractivity contribution in [1.29, 1.82) is 0 Å². The van der Waals surface area contributed by atoms with Gasteiger partial charge in [0.25, 0.3) is 11.6 Å². The average molecular weight is 494 g/mol. The maximum atomic E-state index is 12.4. The highest BCUT2D eigenvalue weighted by Crippen LogP contribution is 2.31. The van der Waals surface area contributed by atoms with Gasteiger partial charge in [-0.2, -0.15) is 0 Å². The second kappa shape index (κ2) is 10.3. The van der Waals surface area contributed by atoms with Crippen LogP contribution in [-0.4, -0.2) is 26.7 Å². The summed E-state index contributed by atoms with van der Waals surface area (Å²) in [4.78, 5) is 43.6. The molecule has 184 valence electrons. The number of amides is 2. The fraction of sp³-hybridized carbons (Fsp3) is 0.107. The summed E-state index contributed by atoms with van der Waals surface area (Å²) >= 11 is 0. The third-order valence-electron chi connectivity index (χ3n) is 6.16. The van der Waals surface area contributed by atoms with Gasteiger partial charge in [-0.05, 0) is 42.7 Å². The molecule has 0 bridgehead atoms. The number of nitro groups is 1. The van der Waals surface area contributed by atoms with E-state index in [1.165, 1.54) is 24.3 Å². The predicted octanol–water partition coefficient (Wildman–Crippen LogP) is 5.08. The van der Waals surface area contributed by atoms with E-state index in [0.29, 0.717) is 12.8 Å². The zero-order valence-electron chi connectivity index (χ0n) is 19.7. The van der Waals surface area contributed by atoms with Crippen LogP contribution in [0.15, 0.2) is 84.9 Å². The minimum absolute atomic E-state index is 0.126. The molecule has 0 saturated carbocycles. The van der Waals surface area contributed by atoms with Crippen LogP contribution in [0.2, 0.25) is 0 Å². The molecular formula is C28H23N5O4. The number of carbonyl (C=O) groups is 2. The van der Waals surface area contributed by atoms with E-state index in [-0.39, 0.29) is 17.7 Å². The van der Waals surface area contributed by atoms with E-state index in [4.69, 9.17) is 4.98 Å². The van der Waals surface area contributed by atoms with Crippen molar-refractivity contribution in [3.63, 3.8) is 0 Å². The summed E-state index contributed by atoms with van der Waals surface area (Å²) in [6.45, 7) is 0. The Hall–Kier alpha value is -5.05. The maximum absolute atomic E-state index is 12.4. The van der Waals surface area contributed by atoms with Crippen molar-refractivity contribution in [2.45, 2.75) is 19.3 Å². The fourth-order valence-corrected chi connectivity index (χ4v) is 4.39. The second-order valence-corrected chi connectivity index (χ2v) is 8.54. The van der Waals surface area contributed by atoms with Gasteiger partial charge in [-0.1, -0.05) is 54.6 Å². The van der Waals surface area contributed by atoms with Crippen molar-refractivity contribution in [3.05, 3.63) is 106 Å². The number of hydrogen-bond acceptors (Lipinski definition) is 5. The lowest BCUT2D eigenvalue weighted by Gasteiger charge is -2.09. The first-order chi connectivity index (χ1) is 18.0. The lowest BCUT2D eigenvalue weighted by atomic mass is 10.0. The first-order valence-corrected chi connectivity index (χ1v) is 11.8. The minimum atomic E-state index is -0.748. The number of aryl methyl sites for hydroxylation is 1. The first kappa shape index (κ1) is 23.7. The number of nitrogens with zero attached hydrogens (tertiary/aromatic N) is 2. The van der Waals surface area contributed by atoms with E-state index in [2.05, 4.69) is 15.8 Å². The van der Waals surface area contributed by atoms with Crippen LogP contribution in [0, 0.1) is 10.1 Å². The number of pyridine rings is 1. The molecule has 0 fully saturated rings. The number of aromatic nitrogens is 2. The molecule has 0 saturated heterocycles. The Bertz CT molecular complexity index is 1640. The summed E-state index contributed by atoms with van der Waals surface area (Å²) < 4.78 is 0. The number of carbonyl (C=O) groups excluding carboxylic acids is 2. The van der Waals surface area contributed by atoms with Gasteiger partial charge >= 0.3 is 0 Å². The molecule has 0 aliphatic carbocycles. The highest BCUT2D eigenvalue weighted by Gasteiger charge is 2.20. The molecule has 5 aromatic rings. The number of nitrogens with one attached hydrogen (secondary N) is 3. The molecule has 0 unspecified atom stereocenters. The number of nitro benzene ring substituents is 1. The number of hydrogen-bond donors (Lipinski definition) is 3. The fourth-order valence-electron chi connectivity index (χ4n) is 4.39. The van der Waals surface area contributed by atoms with Crippen molar-refractivity contribution < 1.29 is 14.5 Å². The van der Waals surface area contributed by atoms with Crippen LogP contribution in [0.25, 0.3) is 33.2 Å². The summed E-state index contributed by atoms with van der Waals surface area (Å²) in [6, 6.07) is 25.5. The number of aromatic amines is 1. The molecule has 3 aromatic carbocycles. The van der Waals surface area contributed by atoms with Gasteiger partial charge in [0.05, 0.1) is 21.8 Å². The summed E-state index contributed by atoms with van der Waals surface area (Å²) in [6.07, 6.45) is 1.29. The number of hydrazine groups is 1. The number of benzene rings is 3. The molecule has 2 aromatic heterocycles. The Balaban J connectivity index is 1.27. The largest absolute Gasteiger partial charge is 0.353 e. The van der Waals surface area contributed by atoms with Gasteiger partial charge in [0, 0.05) is 28.8 Å². The Kier molecular flexibility index (Phi) is 6.58. The molecule has 0 spiro atoms. The topological polar surface area (TPSA) is 130 Å². The molecule has 5 rings (SSSR count). The van der Waals surface area contributed by atoms with Crippen LogP contribution >= 0.6 is 0 Å². The monoisotopic (exact) mass is 493 g/mol. The maximum Gasteiger partial charge on any atom is 0.282 e. The van der Waals surface area contributed by atoms with E-state index in [0.717, 1.165) is 38.8 Å². The van der Waals surface area contributed by atoms with Crippen molar-refractivity contribution in [2.75, 3.05) is 0 Å². The minimum Gasteiger partial charge on any atom is -0.353 e. The molecule has 0 radical (unpaired) electrons. The van der Waals surface area contributed by atoms with E-state index in [1.807, 2.05) is 60.7 Å². The molecule has 9 heteroatoms. The lowest BCUT2D eigenvalue weighted by molar-refractivity contribution is -0.385. The van der Waals surface area contributed by atoms with Gasteiger partial charge in [0.15, 0.2) is 0 Å². The van der Waals surface area contributed by atoms with Crippen LogP contribution in [0.4, 0.5) is 5.69 Å². The quantitative estimate of drug-likeness (QED) is 0.215. The highest BCUT2D eigenvalue weighted by atomic mass is 16.6. The van der Waals surface area contributed by atoms with Crippen molar-refractivity contribution in [2.24, 2.45) is 0 Å². The number of rotatable bonds is 7. The van der Waals surface area contributed by atoms with Crippen molar-refractivity contribution in [1.82, 2.24) is 20.8 Å². The van der Waals surface area contributed by atoms with Gasteiger partial charge in [-0.3, -0.25) is 30.6 Å². The molecule has 0 aliphatic heterocycles. The van der Waals surface area contributed by atoms with Gasteiger partial charge in [-0.15, -0.1) is 0 Å². The molecule has 2 heterocycles. The van der Waals surface area contributed by atoms with Gasteiger partial charge in [0.2, 0.25) is 5.91 Å². The van der Waals surface area contributed by atoms with Gasteiger partial charge in [-0.25, -0.2) is 4.98 Å². The van der Waals surface area contributed by atoms with Gasteiger partial charge < -0.3 is 4.98 Å². The van der Waals surface area contributed by atoms with E-state index in [9.17, 15) is 19.7 Å².